The molecule has 0 aliphatic heterocycles. The fraction of sp³-hybridized carbons (Fsp3) is 0.250. The van der Waals surface area contributed by atoms with E-state index >= 15 is 0 Å². The number of halogens is 2. The minimum atomic E-state index is -0.812. The van der Waals surface area contributed by atoms with E-state index in [2.05, 4.69) is 0 Å². The van der Waals surface area contributed by atoms with Gasteiger partial charge in [-0.3, -0.25) is 0 Å². The fourth-order valence-corrected chi connectivity index (χ4v) is 2.16. The maximum absolute atomic E-state index is 13.6. The van der Waals surface area contributed by atoms with Gasteiger partial charge in [-0.25, -0.2) is 4.39 Å². The maximum atomic E-state index is 13.6. The second kappa shape index (κ2) is 5.81. The molecular formula is C16H16ClFO2. The van der Waals surface area contributed by atoms with Crippen LogP contribution in [0.5, 0.6) is 11.5 Å². The van der Waals surface area contributed by atoms with E-state index < -0.39 is 6.10 Å². The summed E-state index contributed by atoms with van der Waals surface area (Å²) in [6, 6.07) is 8.16. The third kappa shape index (κ3) is 3.11. The number of rotatable bonds is 3. The smallest absolute Gasteiger partial charge is 0.133 e. The molecule has 0 aliphatic rings. The molecule has 0 unspecified atom stereocenters. The average Bonchev–Trinajstić information content (AvgIpc) is 2.36. The van der Waals surface area contributed by atoms with Crippen molar-refractivity contribution >= 4 is 11.6 Å². The van der Waals surface area contributed by atoms with Gasteiger partial charge in [0, 0.05) is 10.6 Å². The van der Waals surface area contributed by atoms with Gasteiger partial charge in [-0.05, 0) is 62.2 Å². The lowest BCUT2D eigenvalue weighted by molar-refractivity contribution is 0.195. The summed E-state index contributed by atoms with van der Waals surface area (Å²) in [7, 11) is 0. The lowest BCUT2D eigenvalue weighted by atomic mass is 10.1. The molecule has 106 valence electrons. The van der Waals surface area contributed by atoms with E-state index in [1.54, 1.807) is 38.1 Å². The molecule has 2 aromatic rings. The standard InChI is InChI=1S/C16H16ClFO2/c1-9-7-16(13(11(3)19)8-14(9)18)20-15-5-4-12(17)6-10(15)2/h4-8,11,19H,1-3H3/t11-/m1/s1. The molecule has 0 radical (unpaired) electrons. The zero-order valence-electron chi connectivity index (χ0n) is 11.6. The van der Waals surface area contributed by atoms with Gasteiger partial charge in [-0.2, -0.15) is 0 Å². The summed E-state index contributed by atoms with van der Waals surface area (Å²) in [5.41, 5.74) is 1.76. The van der Waals surface area contributed by atoms with Gasteiger partial charge in [0.25, 0.3) is 0 Å². The Labute approximate surface area is 122 Å². The highest BCUT2D eigenvalue weighted by Gasteiger charge is 2.14. The normalized spacial score (nSPS) is 12.3. The fourth-order valence-electron chi connectivity index (χ4n) is 1.93. The van der Waals surface area contributed by atoms with E-state index in [0.29, 0.717) is 27.6 Å². The van der Waals surface area contributed by atoms with E-state index in [1.807, 2.05) is 6.92 Å². The first-order valence-corrected chi connectivity index (χ1v) is 6.68. The van der Waals surface area contributed by atoms with Crippen molar-refractivity contribution in [1.82, 2.24) is 0 Å². The van der Waals surface area contributed by atoms with Crippen LogP contribution in [-0.4, -0.2) is 5.11 Å². The molecule has 0 fully saturated rings. The Bertz CT molecular complexity index is 639. The summed E-state index contributed by atoms with van der Waals surface area (Å²) < 4.78 is 19.4. The molecule has 20 heavy (non-hydrogen) atoms. The molecule has 0 aromatic heterocycles. The van der Waals surface area contributed by atoms with Crippen molar-refractivity contribution in [3.8, 4) is 11.5 Å². The molecule has 1 atom stereocenters. The van der Waals surface area contributed by atoms with Crippen LogP contribution in [0.2, 0.25) is 5.02 Å². The minimum Gasteiger partial charge on any atom is -0.457 e. The number of ether oxygens (including phenoxy) is 1. The Morgan fingerprint density at radius 2 is 1.80 bits per heavy atom. The second-order valence-electron chi connectivity index (χ2n) is 4.83. The quantitative estimate of drug-likeness (QED) is 0.868. The molecule has 4 heteroatoms. The molecule has 0 saturated heterocycles. The topological polar surface area (TPSA) is 29.5 Å². The van der Waals surface area contributed by atoms with Crippen LogP contribution in [0.15, 0.2) is 30.3 Å². The molecular weight excluding hydrogens is 279 g/mol. The van der Waals surface area contributed by atoms with Crippen LogP contribution in [-0.2, 0) is 0 Å². The molecule has 1 N–H and O–H groups in total. The zero-order valence-corrected chi connectivity index (χ0v) is 12.3. The molecule has 0 amide bonds. The Kier molecular flexibility index (Phi) is 4.31. The van der Waals surface area contributed by atoms with E-state index in [4.69, 9.17) is 16.3 Å². The Morgan fingerprint density at radius 3 is 2.40 bits per heavy atom. The monoisotopic (exact) mass is 294 g/mol. The zero-order chi connectivity index (χ0) is 14.9. The van der Waals surface area contributed by atoms with Crippen molar-refractivity contribution in [1.29, 1.82) is 0 Å². The molecule has 0 bridgehead atoms. The van der Waals surface area contributed by atoms with E-state index in [1.165, 1.54) is 6.07 Å². The Balaban J connectivity index is 2.44. The molecule has 0 heterocycles. The molecule has 2 aromatic carbocycles. The number of hydrogen-bond acceptors (Lipinski definition) is 2. The Morgan fingerprint density at radius 1 is 1.10 bits per heavy atom. The molecule has 0 saturated carbocycles. The van der Waals surface area contributed by atoms with E-state index in [0.717, 1.165) is 5.56 Å². The van der Waals surface area contributed by atoms with Crippen LogP contribution in [0, 0.1) is 19.7 Å². The first kappa shape index (κ1) is 14.8. The van der Waals surface area contributed by atoms with Gasteiger partial charge in [0.1, 0.15) is 17.3 Å². The highest BCUT2D eigenvalue weighted by molar-refractivity contribution is 6.30. The first-order valence-electron chi connectivity index (χ1n) is 6.30. The van der Waals surface area contributed by atoms with E-state index in [9.17, 15) is 9.50 Å². The predicted molar refractivity (Wildman–Crippen MR) is 78.0 cm³/mol. The first-order chi connectivity index (χ1) is 9.38. The van der Waals surface area contributed by atoms with Gasteiger partial charge in [-0.15, -0.1) is 0 Å². The van der Waals surface area contributed by atoms with E-state index in [-0.39, 0.29) is 5.82 Å². The lowest BCUT2D eigenvalue weighted by Crippen LogP contribution is -1.99. The summed E-state index contributed by atoms with van der Waals surface area (Å²) in [5, 5.41) is 10.4. The van der Waals surface area contributed by atoms with Crippen molar-refractivity contribution < 1.29 is 14.2 Å². The molecule has 2 nitrogen and oxygen atoms in total. The Hall–Kier alpha value is -1.58. The molecule has 0 spiro atoms. The van der Waals surface area contributed by atoms with Gasteiger partial charge in [0.15, 0.2) is 0 Å². The highest BCUT2D eigenvalue weighted by atomic mass is 35.5. The van der Waals surface area contributed by atoms with Crippen LogP contribution in [0.3, 0.4) is 0 Å². The van der Waals surface area contributed by atoms with Crippen molar-refractivity contribution in [2.45, 2.75) is 26.9 Å². The van der Waals surface area contributed by atoms with Crippen LogP contribution < -0.4 is 4.74 Å². The molecule has 2 rings (SSSR count). The number of hydrogen-bond donors (Lipinski definition) is 1. The maximum Gasteiger partial charge on any atom is 0.133 e. The SMILES string of the molecule is Cc1cc(Oc2ccc(Cl)cc2C)c([C@@H](C)O)cc1F. The minimum absolute atomic E-state index is 0.360. The summed E-state index contributed by atoms with van der Waals surface area (Å²) in [4.78, 5) is 0. The number of aryl methyl sites for hydroxylation is 2. The average molecular weight is 295 g/mol. The summed E-state index contributed by atoms with van der Waals surface area (Å²) in [5.74, 6) is 0.715. The summed E-state index contributed by atoms with van der Waals surface area (Å²) >= 11 is 5.90. The second-order valence-corrected chi connectivity index (χ2v) is 5.26. The lowest BCUT2D eigenvalue weighted by Gasteiger charge is -2.16. The van der Waals surface area contributed by atoms with Crippen molar-refractivity contribution in [3.05, 3.63) is 57.9 Å². The number of aliphatic hydroxyl groups is 1. The van der Waals surface area contributed by atoms with Crippen LogP contribution in [0.1, 0.15) is 29.7 Å². The number of benzene rings is 2. The van der Waals surface area contributed by atoms with Crippen molar-refractivity contribution in [3.63, 3.8) is 0 Å². The van der Waals surface area contributed by atoms with Gasteiger partial charge in [0.2, 0.25) is 0 Å². The van der Waals surface area contributed by atoms with Gasteiger partial charge in [0.05, 0.1) is 6.10 Å². The predicted octanol–water partition coefficient (Wildman–Crippen LogP) is 4.94. The van der Waals surface area contributed by atoms with Crippen molar-refractivity contribution in [2.24, 2.45) is 0 Å². The van der Waals surface area contributed by atoms with Crippen LogP contribution in [0.4, 0.5) is 4.39 Å². The highest BCUT2D eigenvalue weighted by Crippen LogP contribution is 2.34. The summed E-state index contributed by atoms with van der Waals surface area (Å²) in [6.07, 6.45) is -0.812. The third-order valence-electron chi connectivity index (χ3n) is 3.10. The number of aliphatic hydroxyl groups excluding tert-OH is 1. The van der Waals surface area contributed by atoms with Gasteiger partial charge in [-0.1, -0.05) is 11.6 Å². The van der Waals surface area contributed by atoms with Gasteiger partial charge < -0.3 is 9.84 Å². The molecule has 0 aliphatic carbocycles. The largest absolute Gasteiger partial charge is 0.457 e. The van der Waals surface area contributed by atoms with Gasteiger partial charge >= 0.3 is 0 Å². The van der Waals surface area contributed by atoms with Crippen LogP contribution in [0.25, 0.3) is 0 Å². The third-order valence-corrected chi connectivity index (χ3v) is 3.33. The van der Waals surface area contributed by atoms with Crippen molar-refractivity contribution in [2.75, 3.05) is 0 Å². The van der Waals surface area contributed by atoms with Crippen LogP contribution >= 0.6 is 11.6 Å². The summed E-state index contributed by atoms with van der Waals surface area (Å²) in [6.45, 7) is 5.11.